The zero-order chi connectivity index (χ0) is 33.6. The number of likely N-dealkylation sites (N-methyl/N-ethyl adjacent to an activating group) is 1. The monoisotopic (exact) mass is 664 g/mol. The molecule has 0 spiro atoms. The molecule has 0 fully saturated rings. The number of benzene rings is 3. The Labute approximate surface area is 278 Å². The van der Waals surface area contributed by atoms with Gasteiger partial charge in [0.1, 0.15) is 12.4 Å². The Kier molecular flexibility index (Phi) is 11.2. The van der Waals surface area contributed by atoms with Crippen molar-refractivity contribution in [3.8, 4) is 11.1 Å². The van der Waals surface area contributed by atoms with Gasteiger partial charge in [-0.2, -0.15) is 18.2 Å². The summed E-state index contributed by atoms with van der Waals surface area (Å²) in [5.41, 5.74) is 4.06. The molecule has 1 amide bonds. The highest BCUT2D eigenvalue weighted by Gasteiger charge is 2.30. The minimum absolute atomic E-state index is 0.0671. The van der Waals surface area contributed by atoms with E-state index >= 15 is 0 Å². The number of fused-ring (bicyclic) bond motifs is 1. The molecule has 3 aromatic carbocycles. The van der Waals surface area contributed by atoms with Crippen molar-refractivity contribution >= 4 is 17.5 Å². The molecule has 0 unspecified atom stereocenters. The molecule has 47 heavy (non-hydrogen) atoms. The molecule has 0 N–H and O–H groups in total. The van der Waals surface area contributed by atoms with Crippen LogP contribution in [0, 0.1) is 0 Å². The summed E-state index contributed by atoms with van der Waals surface area (Å²) in [4.78, 5) is 35.7. The zero-order valence-electron chi connectivity index (χ0n) is 26.8. The van der Waals surface area contributed by atoms with E-state index in [1.165, 1.54) is 12.1 Å². The zero-order valence-corrected chi connectivity index (χ0v) is 27.6. The lowest BCUT2D eigenvalue weighted by molar-refractivity contribution is -0.137. The van der Waals surface area contributed by atoms with E-state index in [-0.39, 0.29) is 18.0 Å². The fourth-order valence-electron chi connectivity index (χ4n) is 6.19. The van der Waals surface area contributed by atoms with E-state index in [0.29, 0.717) is 60.9 Å². The Morgan fingerprint density at radius 2 is 1.55 bits per heavy atom. The quantitative estimate of drug-likeness (QED) is 0.151. The van der Waals surface area contributed by atoms with E-state index in [9.17, 15) is 22.8 Å². The van der Waals surface area contributed by atoms with Crippen molar-refractivity contribution in [2.45, 2.75) is 65.2 Å². The molecular formula is C37H40ClF3N4O2. The van der Waals surface area contributed by atoms with Crippen LogP contribution in [-0.2, 0) is 49.7 Å². The molecule has 0 bridgehead atoms. The van der Waals surface area contributed by atoms with E-state index in [1.54, 1.807) is 0 Å². The van der Waals surface area contributed by atoms with Crippen molar-refractivity contribution < 1.29 is 18.0 Å². The normalized spacial score (nSPS) is 12.8. The largest absolute Gasteiger partial charge is 0.416 e. The number of carbonyl (C=O) groups is 1. The smallest absolute Gasteiger partial charge is 0.336 e. The Morgan fingerprint density at radius 3 is 2.19 bits per heavy atom. The van der Waals surface area contributed by atoms with Crippen LogP contribution in [0.1, 0.15) is 54.0 Å². The number of hydrogen-bond acceptors (Lipinski definition) is 4. The van der Waals surface area contributed by atoms with Gasteiger partial charge in [-0.3, -0.25) is 9.59 Å². The molecule has 4 aromatic rings. The molecule has 0 radical (unpaired) electrons. The second-order valence-electron chi connectivity index (χ2n) is 11.9. The predicted octanol–water partition coefficient (Wildman–Crippen LogP) is 7.23. The Balaban J connectivity index is 1.38. The van der Waals surface area contributed by atoms with Crippen LogP contribution < -0.4 is 5.56 Å². The summed E-state index contributed by atoms with van der Waals surface area (Å²) >= 11 is 6.41. The van der Waals surface area contributed by atoms with Gasteiger partial charge in [0.05, 0.1) is 5.56 Å². The summed E-state index contributed by atoms with van der Waals surface area (Å²) in [6, 6.07) is 20.3. The number of carbonyl (C=O) groups excluding carboxylic acids is 1. The van der Waals surface area contributed by atoms with Gasteiger partial charge < -0.3 is 14.4 Å². The lowest BCUT2D eigenvalue weighted by Gasteiger charge is -2.28. The summed E-state index contributed by atoms with van der Waals surface area (Å²) in [5, 5.41) is 0.658. The highest BCUT2D eigenvalue weighted by atomic mass is 35.5. The van der Waals surface area contributed by atoms with Gasteiger partial charge in [-0.25, -0.2) is 0 Å². The maximum absolute atomic E-state index is 14.1. The third kappa shape index (κ3) is 8.51. The maximum Gasteiger partial charge on any atom is 0.416 e. The van der Waals surface area contributed by atoms with Crippen molar-refractivity contribution in [1.29, 1.82) is 0 Å². The molecule has 248 valence electrons. The third-order valence-electron chi connectivity index (χ3n) is 8.99. The van der Waals surface area contributed by atoms with Crippen LogP contribution in [0.15, 0.2) is 77.6 Å². The summed E-state index contributed by atoms with van der Waals surface area (Å²) in [6.07, 6.45) is -1.07. The molecule has 1 heterocycles. The average Bonchev–Trinajstić information content (AvgIpc) is 3.57. The Hall–Kier alpha value is -3.95. The third-order valence-corrected chi connectivity index (χ3v) is 9.36. The van der Waals surface area contributed by atoms with Gasteiger partial charge in [0.2, 0.25) is 5.91 Å². The lowest BCUT2D eigenvalue weighted by Crippen LogP contribution is -2.40. The van der Waals surface area contributed by atoms with E-state index < -0.39 is 11.7 Å². The van der Waals surface area contributed by atoms with Crippen LogP contribution >= 0.6 is 11.6 Å². The van der Waals surface area contributed by atoms with Crippen molar-refractivity contribution in [2.24, 2.45) is 0 Å². The molecular weight excluding hydrogens is 625 g/mol. The SMILES string of the molecule is CCN(CC)CCN(Cc1ccc(-c2ccc(C(F)(F)F)cc2)cc1)C(=O)Cn1c(CCc2ccccc2Cl)nc(=O)c2c1CCC2. The molecule has 6 nitrogen and oxygen atoms in total. The number of halogens is 4. The van der Waals surface area contributed by atoms with Crippen molar-refractivity contribution in [3.63, 3.8) is 0 Å². The molecule has 1 aliphatic carbocycles. The maximum atomic E-state index is 14.1. The van der Waals surface area contributed by atoms with Gasteiger partial charge in [-0.15, -0.1) is 0 Å². The fraction of sp³-hybridized carbons (Fsp3) is 0.378. The first-order chi connectivity index (χ1) is 22.6. The van der Waals surface area contributed by atoms with Crippen LogP contribution in [0.5, 0.6) is 0 Å². The first-order valence-electron chi connectivity index (χ1n) is 16.2. The second kappa shape index (κ2) is 15.3. The van der Waals surface area contributed by atoms with Crippen LogP contribution in [0.3, 0.4) is 0 Å². The summed E-state index contributed by atoms with van der Waals surface area (Å²) in [6.45, 7) is 7.60. The van der Waals surface area contributed by atoms with Crippen LogP contribution in [0.4, 0.5) is 13.2 Å². The average molecular weight is 665 g/mol. The standard InChI is InChI=1S/C37H40ClF3N4O2/c1-3-43(4-2)22-23-44(24-26-12-14-27(15-13-26)28-16-19-30(20-17-28)37(39,40)41)35(46)25-45-33-11-7-9-31(33)36(47)42-34(45)21-18-29-8-5-6-10-32(29)38/h5-6,8,10,12-17,19-20H,3-4,7,9,11,18,21-25H2,1-2H3. The van der Waals surface area contributed by atoms with E-state index in [4.69, 9.17) is 11.6 Å². The van der Waals surface area contributed by atoms with Gasteiger partial charge in [0, 0.05) is 42.3 Å². The van der Waals surface area contributed by atoms with E-state index in [1.807, 2.05) is 58.0 Å². The number of hydrogen-bond donors (Lipinski definition) is 0. The number of aryl methyl sites for hydroxylation is 2. The first-order valence-corrected chi connectivity index (χ1v) is 16.6. The van der Waals surface area contributed by atoms with Gasteiger partial charge in [0.25, 0.3) is 5.56 Å². The Bertz CT molecular complexity index is 1730. The minimum Gasteiger partial charge on any atom is -0.336 e. The molecule has 0 atom stereocenters. The molecule has 10 heteroatoms. The number of rotatable bonds is 13. The lowest BCUT2D eigenvalue weighted by atomic mass is 10.0. The molecule has 1 aromatic heterocycles. The summed E-state index contributed by atoms with van der Waals surface area (Å²) in [5.74, 6) is 0.524. The van der Waals surface area contributed by atoms with E-state index in [0.717, 1.165) is 60.4 Å². The molecule has 0 saturated heterocycles. The van der Waals surface area contributed by atoms with Crippen LogP contribution in [0.25, 0.3) is 11.1 Å². The first kappa shape index (κ1) is 34.4. The van der Waals surface area contributed by atoms with Gasteiger partial charge >= 0.3 is 6.18 Å². The minimum atomic E-state index is -4.38. The van der Waals surface area contributed by atoms with Crippen molar-refractivity contribution in [1.82, 2.24) is 19.4 Å². The van der Waals surface area contributed by atoms with Crippen LogP contribution in [-0.4, -0.2) is 51.4 Å². The number of nitrogens with zero attached hydrogens (tertiary/aromatic N) is 4. The topological polar surface area (TPSA) is 58.4 Å². The number of amides is 1. The molecule has 0 aliphatic heterocycles. The van der Waals surface area contributed by atoms with Gasteiger partial charge in [-0.1, -0.05) is 80.0 Å². The van der Waals surface area contributed by atoms with Gasteiger partial charge in [-0.05, 0) is 79.2 Å². The second-order valence-corrected chi connectivity index (χ2v) is 12.3. The molecule has 0 saturated carbocycles. The number of aromatic nitrogens is 2. The predicted molar refractivity (Wildman–Crippen MR) is 179 cm³/mol. The summed E-state index contributed by atoms with van der Waals surface area (Å²) in [7, 11) is 0. The Morgan fingerprint density at radius 1 is 0.894 bits per heavy atom. The van der Waals surface area contributed by atoms with Crippen LogP contribution in [0.2, 0.25) is 5.02 Å². The molecule has 1 aliphatic rings. The highest BCUT2D eigenvalue weighted by molar-refractivity contribution is 6.31. The summed E-state index contributed by atoms with van der Waals surface area (Å²) < 4.78 is 41.0. The van der Waals surface area contributed by atoms with Crippen molar-refractivity contribution in [2.75, 3.05) is 26.2 Å². The highest BCUT2D eigenvalue weighted by Crippen LogP contribution is 2.31. The molecule has 5 rings (SSSR count). The van der Waals surface area contributed by atoms with Gasteiger partial charge in [0.15, 0.2) is 0 Å². The number of alkyl halides is 3. The van der Waals surface area contributed by atoms with E-state index in [2.05, 4.69) is 23.7 Å². The fourth-order valence-corrected chi connectivity index (χ4v) is 6.42. The van der Waals surface area contributed by atoms with Crippen molar-refractivity contribution in [3.05, 3.63) is 122 Å².